The Morgan fingerprint density at radius 3 is 2.48 bits per heavy atom. The summed E-state index contributed by atoms with van der Waals surface area (Å²) in [5.41, 5.74) is 5.68. The van der Waals surface area contributed by atoms with Crippen molar-refractivity contribution in [1.82, 2.24) is 5.32 Å². The van der Waals surface area contributed by atoms with Crippen LogP contribution in [-0.4, -0.2) is 30.6 Å². The van der Waals surface area contributed by atoms with Crippen LogP contribution in [-0.2, 0) is 14.3 Å². The molecule has 0 saturated carbocycles. The second kappa shape index (κ2) is 8.38. The van der Waals surface area contributed by atoms with Gasteiger partial charge in [-0.15, -0.1) is 0 Å². The van der Waals surface area contributed by atoms with Crippen molar-refractivity contribution in [3.05, 3.63) is 28.8 Å². The number of esters is 1. The quantitative estimate of drug-likeness (QED) is 0.766. The predicted octanol–water partition coefficient (Wildman–Crippen LogP) is 1.79. The summed E-state index contributed by atoms with van der Waals surface area (Å²) in [5.74, 6) is -1.40. The van der Waals surface area contributed by atoms with E-state index < -0.39 is 24.0 Å². The number of halogens is 1. The molecule has 1 rings (SSSR count). The van der Waals surface area contributed by atoms with Crippen LogP contribution < -0.4 is 15.8 Å². The second-order valence-electron chi connectivity index (χ2n) is 5.21. The number of amides is 3. The van der Waals surface area contributed by atoms with E-state index in [9.17, 15) is 14.4 Å². The van der Waals surface area contributed by atoms with E-state index in [0.717, 1.165) is 5.56 Å². The van der Waals surface area contributed by atoms with Gasteiger partial charge in [-0.1, -0.05) is 25.4 Å². The highest BCUT2D eigenvalue weighted by Gasteiger charge is 2.27. The molecular weight excluding hydrogens is 324 g/mol. The summed E-state index contributed by atoms with van der Waals surface area (Å²) >= 11 is 5.89. The summed E-state index contributed by atoms with van der Waals surface area (Å²) in [6.07, 6.45) is -1.13. The Labute approximate surface area is 139 Å². The van der Waals surface area contributed by atoms with Gasteiger partial charge in [-0.05, 0) is 36.6 Å². The Morgan fingerprint density at radius 1 is 1.30 bits per heavy atom. The summed E-state index contributed by atoms with van der Waals surface area (Å²) < 4.78 is 10.3. The van der Waals surface area contributed by atoms with Gasteiger partial charge in [-0.25, -0.2) is 9.59 Å². The monoisotopic (exact) mass is 342 g/mol. The predicted molar refractivity (Wildman–Crippen MR) is 84.1 cm³/mol. The molecule has 0 fully saturated rings. The van der Waals surface area contributed by atoms with Gasteiger partial charge in [0.2, 0.25) is 0 Å². The normalized spacial score (nSPS) is 11.7. The van der Waals surface area contributed by atoms with Crippen LogP contribution in [0, 0.1) is 12.8 Å². The molecule has 8 heteroatoms. The largest absolute Gasteiger partial charge is 0.482 e. The third-order valence-electron chi connectivity index (χ3n) is 2.85. The minimum atomic E-state index is -1.13. The molecule has 0 radical (unpaired) electrons. The fourth-order valence-corrected chi connectivity index (χ4v) is 1.83. The molecule has 1 aromatic carbocycles. The molecule has 7 nitrogen and oxygen atoms in total. The van der Waals surface area contributed by atoms with Gasteiger partial charge in [0.1, 0.15) is 5.75 Å². The van der Waals surface area contributed by atoms with Gasteiger partial charge in [0, 0.05) is 5.02 Å². The summed E-state index contributed by atoms with van der Waals surface area (Å²) in [7, 11) is 0. The second-order valence-corrected chi connectivity index (χ2v) is 5.61. The van der Waals surface area contributed by atoms with Gasteiger partial charge in [0.25, 0.3) is 5.91 Å². The molecule has 0 aliphatic carbocycles. The standard InChI is InChI=1S/C15H19ClN2O5/c1-8(2)13(14(20)18-15(17)21)23-12(19)7-22-10-4-5-11(16)9(3)6-10/h4-6,8,13H,7H2,1-3H3,(H3,17,18,20,21)/t13-/m0/s1. The third kappa shape index (κ3) is 6.15. The highest BCUT2D eigenvalue weighted by molar-refractivity contribution is 6.31. The smallest absolute Gasteiger partial charge is 0.344 e. The number of ether oxygens (including phenoxy) is 2. The molecule has 0 aromatic heterocycles. The zero-order chi connectivity index (χ0) is 17.6. The first kappa shape index (κ1) is 18.8. The number of rotatable bonds is 6. The summed E-state index contributed by atoms with van der Waals surface area (Å²) in [6, 6.07) is 3.93. The molecular formula is C15H19ClN2O5. The van der Waals surface area contributed by atoms with Gasteiger partial charge in [-0.3, -0.25) is 10.1 Å². The molecule has 0 saturated heterocycles. The highest BCUT2D eigenvalue weighted by atomic mass is 35.5. The number of aryl methyl sites for hydroxylation is 1. The van der Waals surface area contributed by atoms with Gasteiger partial charge >= 0.3 is 12.0 Å². The van der Waals surface area contributed by atoms with Crippen LogP contribution in [0.3, 0.4) is 0 Å². The Bertz CT molecular complexity index is 604. The van der Waals surface area contributed by atoms with Gasteiger partial charge < -0.3 is 15.2 Å². The number of benzene rings is 1. The zero-order valence-electron chi connectivity index (χ0n) is 13.1. The lowest BCUT2D eigenvalue weighted by Gasteiger charge is -2.19. The SMILES string of the molecule is Cc1cc(OCC(=O)O[C@H](C(=O)NC(N)=O)C(C)C)ccc1Cl. The van der Waals surface area contributed by atoms with Crippen LogP contribution in [0.4, 0.5) is 4.79 Å². The van der Waals surface area contributed by atoms with Crippen molar-refractivity contribution in [3.8, 4) is 5.75 Å². The number of primary amides is 1. The first-order valence-corrected chi connectivity index (χ1v) is 7.27. The van der Waals surface area contributed by atoms with E-state index in [1.165, 1.54) is 0 Å². The summed E-state index contributed by atoms with van der Waals surface area (Å²) in [6.45, 7) is 4.76. The van der Waals surface area contributed by atoms with Crippen molar-refractivity contribution in [2.45, 2.75) is 26.9 Å². The van der Waals surface area contributed by atoms with Crippen molar-refractivity contribution in [2.24, 2.45) is 11.7 Å². The number of hydrogen-bond acceptors (Lipinski definition) is 5. The molecule has 0 unspecified atom stereocenters. The molecule has 0 aliphatic heterocycles. The van der Waals surface area contributed by atoms with E-state index in [0.29, 0.717) is 10.8 Å². The van der Waals surface area contributed by atoms with E-state index in [4.69, 9.17) is 26.8 Å². The molecule has 126 valence electrons. The fraction of sp³-hybridized carbons (Fsp3) is 0.400. The van der Waals surface area contributed by atoms with Crippen molar-refractivity contribution in [3.63, 3.8) is 0 Å². The molecule has 3 amide bonds. The number of hydrogen-bond donors (Lipinski definition) is 2. The molecule has 0 bridgehead atoms. The fourth-order valence-electron chi connectivity index (χ4n) is 1.71. The minimum absolute atomic E-state index is 0.337. The maximum atomic E-state index is 11.8. The van der Waals surface area contributed by atoms with E-state index in [1.807, 2.05) is 5.32 Å². The van der Waals surface area contributed by atoms with Crippen LogP contribution >= 0.6 is 11.6 Å². The maximum absolute atomic E-state index is 11.8. The average molecular weight is 343 g/mol. The van der Waals surface area contributed by atoms with Crippen LogP contribution in [0.2, 0.25) is 5.02 Å². The van der Waals surface area contributed by atoms with Crippen molar-refractivity contribution >= 4 is 29.5 Å². The van der Waals surface area contributed by atoms with Crippen molar-refractivity contribution in [2.75, 3.05) is 6.61 Å². The van der Waals surface area contributed by atoms with Gasteiger partial charge in [-0.2, -0.15) is 0 Å². The lowest BCUT2D eigenvalue weighted by atomic mass is 10.1. The highest BCUT2D eigenvalue weighted by Crippen LogP contribution is 2.21. The first-order chi connectivity index (χ1) is 10.7. The van der Waals surface area contributed by atoms with E-state index in [1.54, 1.807) is 39.0 Å². The maximum Gasteiger partial charge on any atom is 0.344 e. The Morgan fingerprint density at radius 2 is 1.96 bits per heavy atom. The number of carbonyl (C=O) groups excluding carboxylic acids is 3. The summed E-state index contributed by atoms with van der Waals surface area (Å²) in [4.78, 5) is 34.3. The zero-order valence-corrected chi connectivity index (χ0v) is 13.8. The topological polar surface area (TPSA) is 108 Å². The molecule has 0 spiro atoms. The van der Waals surface area contributed by atoms with Gasteiger partial charge in [0.15, 0.2) is 12.7 Å². The lowest BCUT2D eigenvalue weighted by Crippen LogP contribution is -2.46. The number of carbonyl (C=O) groups is 3. The molecule has 1 aromatic rings. The number of nitrogens with one attached hydrogen (secondary N) is 1. The third-order valence-corrected chi connectivity index (χ3v) is 3.28. The Kier molecular flexibility index (Phi) is 6.84. The Balaban J connectivity index is 2.60. The molecule has 0 heterocycles. The molecule has 3 N–H and O–H groups in total. The van der Waals surface area contributed by atoms with Crippen LogP contribution in [0.15, 0.2) is 18.2 Å². The summed E-state index contributed by atoms with van der Waals surface area (Å²) in [5, 5.41) is 2.47. The molecule has 23 heavy (non-hydrogen) atoms. The van der Waals surface area contributed by atoms with Crippen LogP contribution in [0.5, 0.6) is 5.75 Å². The number of nitrogens with two attached hydrogens (primary N) is 1. The van der Waals surface area contributed by atoms with Gasteiger partial charge in [0.05, 0.1) is 0 Å². The first-order valence-electron chi connectivity index (χ1n) is 6.89. The average Bonchev–Trinajstić information content (AvgIpc) is 2.44. The minimum Gasteiger partial charge on any atom is -0.482 e. The number of imide groups is 1. The van der Waals surface area contributed by atoms with Crippen molar-refractivity contribution < 1.29 is 23.9 Å². The molecule has 1 atom stereocenters. The Hall–Kier alpha value is -2.28. The number of urea groups is 1. The van der Waals surface area contributed by atoms with E-state index >= 15 is 0 Å². The van der Waals surface area contributed by atoms with E-state index in [2.05, 4.69) is 0 Å². The van der Waals surface area contributed by atoms with E-state index in [-0.39, 0.29) is 12.5 Å². The lowest BCUT2D eigenvalue weighted by molar-refractivity contribution is -0.160. The van der Waals surface area contributed by atoms with Crippen LogP contribution in [0.1, 0.15) is 19.4 Å². The molecule has 0 aliphatic rings. The van der Waals surface area contributed by atoms with Crippen LogP contribution in [0.25, 0.3) is 0 Å². The van der Waals surface area contributed by atoms with Crippen molar-refractivity contribution in [1.29, 1.82) is 0 Å².